The minimum atomic E-state index is -4.73. The molecule has 1 aliphatic heterocycles. The lowest BCUT2D eigenvalue weighted by Crippen LogP contribution is -2.35. The van der Waals surface area contributed by atoms with Crippen LogP contribution in [0.4, 0.5) is 18.9 Å². The second-order valence-corrected chi connectivity index (χ2v) is 6.90. The maximum absolute atomic E-state index is 12.4. The first kappa shape index (κ1) is 21.5. The van der Waals surface area contributed by atoms with Crippen molar-refractivity contribution in [3.8, 4) is 5.75 Å². The van der Waals surface area contributed by atoms with Crippen molar-refractivity contribution in [3.63, 3.8) is 0 Å². The number of nitrogens with zero attached hydrogens (tertiary/aromatic N) is 2. The molecule has 0 atom stereocenters. The Morgan fingerprint density at radius 1 is 1.13 bits per heavy atom. The zero-order chi connectivity index (χ0) is 21.6. The van der Waals surface area contributed by atoms with Crippen molar-refractivity contribution in [2.24, 2.45) is 10.7 Å². The predicted molar refractivity (Wildman–Crippen MR) is 108 cm³/mol. The van der Waals surface area contributed by atoms with E-state index < -0.39 is 6.36 Å². The van der Waals surface area contributed by atoms with E-state index in [4.69, 9.17) is 5.73 Å². The SMILES string of the molecule is NC(=NCCCC(=O)N1CCc2ccccc2C1)Nc1ccc(OC(F)(F)F)cc1. The van der Waals surface area contributed by atoms with Crippen LogP contribution in [0.1, 0.15) is 24.0 Å². The molecule has 0 radical (unpaired) electrons. The van der Waals surface area contributed by atoms with E-state index in [2.05, 4.69) is 21.1 Å². The van der Waals surface area contributed by atoms with Crippen molar-refractivity contribution in [3.05, 3.63) is 59.7 Å². The highest BCUT2D eigenvalue weighted by atomic mass is 19.4. The normalized spacial score (nSPS) is 14.2. The lowest BCUT2D eigenvalue weighted by Gasteiger charge is -2.28. The van der Waals surface area contributed by atoms with Crippen molar-refractivity contribution < 1.29 is 22.7 Å². The number of nitrogens with one attached hydrogen (secondary N) is 1. The topological polar surface area (TPSA) is 80.0 Å². The molecule has 0 unspecified atom stereocenters. The predicted octanol–water partition coefficient (Wildman–Crippen LogP) is 3.68. The summed E-state index contributed by atoms with van der Waals surface area (Å²) in [5.74, 6) is -0.104. The minimum absolute atomic E-state index is 0.0893. The fraction of sp³-hybridized carbons (Fsp3) is 0.333. The number of carbonyl (C=O) groups excluding carboxylic acids is 1. The molecule has 0 saturated carbocycles. The van der Waals surface area contributed by atoms with Gasteiger partial charge in [0.05, 0.1) is 0 Å². The molecule has 0 spiro atoms. The Hall–Kier alpha value is -3.23. The monoisotopic (exact) mass is 420 g/mol. The van der Waals surface area contributed by atoms with Gasteiger partial charge in [0.2, 0.25) is 5.91 Å². The number of fused-ring (bicyclic) bond motifs is 1. The molecule has 2 aromatic carbocycles. The van der Waals surface area contributed by atoms with Crippen LogP contribution in [-0.2, 0) is 17.8 Å². The van der Waals surface area contributed by atoms with E-state index in [-0.39, 0.29) is 17.6 Å². The van der Waals surface area contributed by atoms with Gasteiger partial charge in [-0.1, -0.05) is 24.3 Å². The quantitative estimate of drug-likeness (QED) is 0.425. The summed E-state index contributed by atoms with van der Waals surface area (Å²) >= 11 is 0. The summed E-state index contributed by atoms with van der Waals surface area (Å²) < 4.78 is 40.3. The molecule has 0 bridgehead atoms. The van der Waals surface area contributed by atoms with Crippen molar-refractivity contribution >= 4 is 17.6 Å². The van der Waals surface area contributed by atoms with E-state index in [0.29, 0.717) is 31.6 Å². The average Bonchev–Trinajstić information content (AvgIpc) is 2.71. The van der Waals surface area contributed by atoms with Crippen LogP contribution in [0.2, 0.25) is 0 Å². The largest absolute Gasteiger partial charge is 0.573 e. The number of carbonyl (C=O) groups is 1. The zero-order valence-electron chi connectivity index (χ0n) is 16.3. The fourth-order valence-corrected chi connectivity index (χ4v) is 3.22. The molecule has 0 aromatic heterocycles. The molecule has 3 rings (SSSR count). The van der Waals surface area contributed by atoms with Crippen molar-refractivity contribution in [2.45, 2.75) is 32.2 Å². The first-order valence-corrected chi connectivity index (χ1v) is 9.57. The van der Waals surface area contributed by atoms with E-state index in [9.17, 15) is 18.0 Å². The summed E-state index contributed by atoms with van der Waals surface area (Å²) in [7, 11) is 0. The molecule has 0 fully saturated rings. The molecular weight excluding hydrogens is 397 g/mol. The van der Waals surface area contributed by atoms with Gasteiger partial charge < -0.3 is 20.7 Å². The number of rotatable bonds is 6. The van der Waals surface area contributed by atoms with Crippen LogP contribution in [0, 0.1) is 0 Å². The van der Waals surface area contributed by atoms with Gasteiger partial charge in [-0.15, -0.1) is 13.2 Å². The molecule has 0 aliphatic carbocycles. The number of guanidine groups is 1. The molecule has 160 valence electrons. The van der Waals surface area contributed by atoms with Crippen LogP contribution < -0.4 is 15.8 Å². The Morgan fingerprint density at radius 2 is 1.83 bits per heavy atom. The number of ether oxygens (including phenoxy) is 1. The molecule has 6 nitrogen and oxygen atoms in total. The molecule has 1 amide bonds. The Morgan fingerprint density at radius 3 is 2.53 bits per heavy atom. The number of benzene rings is 2. The second-order valence-electron chi connectivity index (χ2n) is 6.90. The van der Waals surface area contributed by atoms with Gasteiger partial charge >= 0.3 is 6.36 Å². The molecule has 30 heavy (non-hydrogen) atoms. The minimum Gasteiger partial charge on any atom is -0.406 e. The average molecular weight is 420 g/mol. The first-order chi connectivity index (χ1) is 14.3. The van der Waals surface area contributed by atoms with Gasteiger partial charge in [-0.25, -0.2) is 0 Å². The van der Waals surface area contributed by atoms with Crippen LogP contribution in [-0.4, -0.2) is 36.2 Å². The van der Waals surface area contributed by atoms with Gasteiger partial charge in [0.15, 0.2) is 5.96 Å². The molecule has 9 heteroatoms. The highest BCUT2D eigenvalue weighted by Gasteiger charge is 2.30. The number of alkyl halides is 3. The van der Waals surface area contributed by atoms with Crippen molar-refractivity contribution in [2.75, 3.05) is 18.4 Å². The van der Waals surface area contributed by atoms with E-state index in [1.807, 2.05) is 23.1 Å². The Bertz CT molecular complexity index is 898. The van der Waals surface area contributed by atoms with Crippen LogP contribution in [0.3, 0.4) is 0 Å². The van der Waals surface area contributed by atoms with Gasteiger partial charge in [-0.2, -0.15) is 0 Å². The number of aliphatic imine (C=N–C) groups is 1. The van der Waals surface area contributed by atoms with Crippen LogP contribution in [0.5, 0.6) is 5.75 Å². The zero-order valence-corrected chi connectivity index (χ0v) is 16.3. The summed E-state index contributed by atoms with van der Waals surface area (Å²) in [6, 6.07) is 13.3. The first-order valence-electron chi connectivity index (χ1n) is 9.57. The van der Waals surface area contributed by atoms with Gasteiger partial charge in [-0.3, -0.25) is 9.79 Å². The number of hydrogen-bond acceptors (Lipinski definition) is 3. The third kappa shape index (κ3) is 6.40. The third-order valence-electron chi connectivity index (χ3n) is 4.67. The Balaban J connectivity index is 1.40. The van der Waals surface area contributed by atoms with E-state index in [0.717, 1.165) is 13.0 Å². The molecule has 1 heterocycles. The Kier molecular flexibility index (Phi) is 6.81. The molecule has 0 saturated heterocycles. The van der Waals surface area contributed by atoms with E-state index in [1.165, 1.54) is 35.4 Å². The van der Waals surface area contributed by atoms with Crippen LogP contribution in [0.25, 0.3) is 0 Å². The summed E-state index contributed by atoms with van der Waals surface area (Å²) in [4.78, 5) is 18.4. The maximum atomic E-state index is 12.4. The number of halogens is 3. The number of anilines is 1. The number of nitrogens with two attached hydrogens (primary N) is 1. The lowest BCUT2D eigenvalue weighted by atomic mass is 9.99. The summed E-state index contributed by atoms with van der Waals surface area (Å²) in [5, 5.41) is 2.79. The number of hydrogen-bond donors (Lipinski definition) is 2. The van der Waals surface area contributed by atoms with Gasteiger partial charge in [0.25, 0.3) is 0 Å². The molecule has 1 aliphatic rings. The summed E-state index contributed by atoms with van der Waals surface area (Å²) in [6.07, 6.45) is -2.94. The second kappa shape index (κ2) is 9.51. The number of amides is 1. The van der Waals surface area contributed by atoms with Gasteiger partial charge in [0.1, 0.15) is 5.75 Å². The van der Waals surface area contributed by atoms with E-state index >= 15 is 0 Å². The maximum Gasteiger partial charge on any atom is 0.573 e. The Labute approximate surface area is 172 Å². The van der Waals surface area contributed by atoms with Gasteiger partial charge in [0, 0.05) is 31.7 Å². The summed E-state index contributed by atoms with van der Waals surface area (Å²) in [6.45, 7) is 1.72. The standard InChI is InChI=1S/C21H23F3N4O2/c22-21(23,24)30-18-9-7-17(8-10-18)27-20(25)26-12-3-6-19(29)28-13-11-15-4-1-2-5-16(15)14-28/h1-2,4-5,7-10H,3,6,11-14H2,(H3,25,26,27). The fourth-order valence-electron chi connectivity index (χ4n) is 3.22. The highest BCUT2D eigenvalue weighted by Crippen LogP contribution is 2.24. The third-order valence-corrected chi connectivity index (χ3v) is 4.67. The molecule has 3 N–H and O–H groups in total. The van der Waals surface area contributed by atoms with Gasteiger partial charge in [-0.05, 0) is 48.2 Å². The highest BCUT2D eigenvalue weighted by molar-refractivity contribution is 5.92. The van der Waals surface area contributed by atoms with Crippen LogP contribution in [0.15, 0.2) is 53.5 Å². The molecular formula is C21H23F3N4O2. The van der Waals surface area contributed by atoms with Crippen molar-refractivity contribution in [1.29, 1.82) is 0 Å². The smallest absolute Gasteiger partial charge is 0.406 e. The lowest BCUT2D eigenvalue weighted by molar-refractivity contribution is -0.274. The summed E-state index contributed by atoms with van der Waals surface area (Å²) in [5.41, 5.74) is 8.76. The van der Waals surface area contributed by atoms with E-state index in [1.54, 1.807) is 0 Å². The molecule has 2 aromatic rings. The van der Waals surface area contributed by atoms with Crippen molar-refractivity contribution in [1.82, 2.24) is 4.90 Å². The van der Waals surface area contributed by atoms with Crippen LogP contribution >= 0.6 is 0 Å².